The maximum absolute atomic E-state index is 8.42. The Balaban J connectivity index is 2.86. The predicted octanol–water partition coefficient (Wildman–Crippen LogP) is 0.0591. The van der Waals surface area contributed by atoms with Gasteiger partial charge >= 0.3 is 0 Å². The minimum atomic E-state index is -0.0278. The molecule has 2 nitrogen and oxygen atoms in total. The lowest BCUT2D eigenvalue weighted by Gasteiger charge is -2.04. The zero-order valence-corrected chi connectivity index (χ0v) is 5.95. The van der Waals surface area contributed by atoms with Crippen molar-refractivity contribution in [1.82, 2.24) is 0 Å². The molecule has 0 aliphatic heterocycles. The van der Waals surface area contributed by atoms with E-state index in [0.717, 1.165) is 11.5 Å². The molecule has 0 heterocycles. The average molecular weight is 135 g/mol. The van der Waals surface area contributed by atoms with Gasteiger partial charge in [0.2, 0.25) is 0 Å². The fraction of sp³-hybridized carbons (Fsp3) is 1.00. The monoisotopic (exact) mass is 135 g/mol. The topological polar surface area (TPSA) is 46.2 Å². The first-order valence-corrected chi connectivity index (χ1v) is 3.91. The molecule has 0 aliphatic carbocycles. The largest absolute Gasteiger partial charge is 0.395 e. The van der Waals surface area contributed by atoms with Crippen LogP contribution < -0.4 is 5.73 Å². The zero-order chi connectivity index (χ0) is 6.41. The SMILES string of the molecule is CCSCC(N)CO. The van der Waals surface area contributed by atoms with E-state index < -0.39 is 0 Å². The van der Waals surface area contributed by atoms with Gasteiger partial charge in [-0.05, 0) is 5.75 Å². The second-order valence-corrected chi connectivity index (χ2v) is 2.92. The average Bonchev–Trinajstić information content (AvgIpc) is 1.83. The summed E-state index contributed by atoms with van der Waals surface area (Å²) in [4.78, 5) is 0. The standard InChI is InChI=1S/C5H13NOS/c1-2-8-4-5(6)3-7/h5,7H,2-4,6H2,1H3. The van der Waals surface area contributed by atoms with Crippen LogP contribution in [0, 0.1) is 0 Å². The maximum Gasteiger partial charge on any atom is 0.0590 e. The van der Waals surface area contributed by atoms with Gasteiger partial charge in [0.15, 0.2) is 0 Å². The summed E-state index contributed by atoms with van der Waals surface area (Å²) in [7, 11) is 0. The van der Waals surface area contributed by atoms with E-state index in [1.807, 2.05) is 0 Å². The first kappa shape index (κ1) is 8.27. The summed E-state index contributed by atoms with van der Waals surface area (Å²) < 4.78 is 0. The highest BCUT2D eigenvalue weighted by Gasteiger charge is 1.96. The molecule has 0 rings (SSSR count). The molecular weight excluding hydrogens is 122 g/mol. The smallest absolute Gasteiger partial charge is 0.0590 e. The van der Waals surface area contributed by atoms with E-state index in [9.17, 15) is 0 Å². The molecule has 3 N–H and O–H groups in total. The van der Waals surface area contributed by atoms with E-state index in [1.54, 1.807) is 11.8 Å². The van der Waals surface area contributed by atoms with Crippen molar-refractivity contribution in [3.8, 4) is 0 Å². The van der Waals surface area contributed by atoms with Crippen LogP contribution in [0.1, 0.15) is 6.92 Å². The molecule has 0 aromatic carbocycles. The molecule has 0 aromatic rings. The lowest BCUT2D eigenvalue weighted by atomic mass is 10.4. The molecule has 0 aliphatic rings. The summed E-state index contributed by atoms with van der Waals surface area (Å²) in [5.41, 5.74) is 5.39. The second kappa shape index (κ2) is 5.41. The highest BCUT2D eigenvalue weighted by Crippen LogP contribution is 1.98. The minimum Gasteiger partial charge on any atom is -0.395 e. The fourth-order valence-electron chi connectivity index (χ4n) is 0.322. The first-order chi connectivity index (χ1) is 3.81. The van der Waals surface area contributed by atoms with Gasteiger partial charge in [0, 0.05) is 11.8 Å². The van der Waals surface area contributed by atoms with E-state index in [4.69, 9.17) is 10.8 Å². The van der Waals surface area contributed by atoms with Crippen molar-refractivity contribution in [2.75, 3.05) is 18.1 Å². The van der Waals surface area contributed by atoms with Crippen LogP contribution in [0.2, 0.25) is 0 Å². The van der Waals surface area contributed by atoms with Crippen LogP contribution in [0.3, 0.4) is 0 Å². The summed E-state index contributed by atoms with van der Waals surface area (Å²) >= 11 is 1.76. The molecule has 0 radical (unpaired) electrons. The van der Waals surface area contributed by atoms with Crippen LogP contribution in [0.15, 0.2) is 0 Å². The quantitative estimate of drug-likeness (QED) is 0.573. The van der Waals surface area contributed by atoms with Gasteiger partial charge in [0.05, 0.1) is 6.61 Å². The van der Waals surface area contributed by atoms with Gasteiger partial charge in [-0.1, -0.05) is 6.92 Å². The van der Waals surface area contributed by atoms with Crippen molar-refractivity contribution in [2.45, 2.75) is 13.0 Å². The number of rotatable bonds is 4. The Labute approximate surface area is 54.5 Å². The Hall–Kier alpha value is 0.270. The lowest BCUT2D eigenvalue weighted by molar-refractivity contribution is 0.275. The molecular formula is C5H13NOS. The molecule has 3 heteroatoms. The Morgan fingerprint density at radius 2 is 2.38 bits per heavy atom. The van der Waals surface area contributed by atoms with Crippen molar-refractivity contribution >= 4 is 11.8 Å². The lowest BCUT2D eigenvalue weighted by Crippen LogP contribution is -2.26. The van der Waals surface area contributed by atoms with E-state index in [-0.39, 0.29) is 12.6 Å². The Bertz CT molecular complexity index is 51.7. The van der Waals surface area contributed by atoms with Gasteiger partial charge < -0.3 is 10.8 Å². The minimum absolute atomic E-state index is 0.0278. The van der Waals surface area contributed by atoms with Gasteiger partial charge in [-0.25, -0.2) is 0 Å². The Morgan fingerprint density at radius 3 is 2.75 bits per heavy atom. The van der Waals surface area contributed by atoms with E-state index >= 15 is 0 Å². The summed E-state index contributed by atoms with van der Waals surface area (Å²) in [5.74, 6) is 1.95. The van der Waals surface area contributed by atoms with Gasteiger partial charge in [-0.3, -0.25) is 0 Å². The summed E-state index contributed by atoms with van der Waals surface area (Å²) in [6, 6.07) is -0.0278. The van der Waals surface area contributed by atoms with Crippen molar-refractivity contribution in [2.24, 2.45) is 5.73 Å². The molecule has 1 unspecified atom stereocenters. The highest BCUT2D eigenvalue weighted by atomic mass is 32.2. The Morgan fingerprint density at radius 1 is 1.75 bits per heavy atom. The van der Waals surface area contributed by atoms with Crippen molar-refractivity contribution in [3.63, 3.8) is 0 Å². The second-order valence-electron chi connectivity index (χ2n) is 1.60. The summed E-state index contributed by atoms with van der Waals surface area (Å²) in [5, 5.41) is 8.42. The van der Waals surface area contributed by atoms with Crippen molar-refractivity contribution in [1.29, 1.82) is 0 Å². The third kappa shape index (κ3) is 4.43. The normalized spacial score (nSPS) is 13.9. The molecule has 8 heavy (non-hydrogen) atoms. The number of thioether (sulfide) groups is 1. The Kier molecular flexibility index (Phi) is 5.59. The maximum atomic E-state index is 8.42. The van der Waals surface area contributed by atoms with Crippen LogP contribution in [0.4, 0.5) is 0 Å². The highest BCUT2D eigenvalue weighted by molar-refractivity contribution is 7.99. The molecule has 50 valence electrons. The molecule has 1 atom stereocenters. The van der Waals surface area contributed by atoms with Crippen LogP contribution in [0.5, 0.6) is 0 Å². The van der Waals surface area contributed by atoms with E-state index in [1.165, 1.54) is 0 Å². The number of nitrogens with two attached hydrogens (primary N) is 1. The van der Waals surface area contributed by atoms with Gasteiger partial charge in [-0.15, -0.1) is 0 Å². The molecule has 0 saturated heterocycles. The number of aliphatic hydroxyl groups excluding tert-OH is 1. The number of aliphatic hydroxyl groups is 1. The summed E-state index contributed by atoms with van der Waals surface area (Å²) in [6.07, 6.45) is 0. The molecule has 0 spiro atoms. The molecule has 0 bridgehead atoms. The van der Waals surface area contributed by atoms with Gasteiger partial charge in [0.25, 0.3) is 0 Å². The number of hydrogen-bond donors (Lipinski definition) is 2. The van der Waals surface area contributed by atoms with Gasteiger partial charge in [-0.2, -0.15) is 11.8 Å². The van der Waals surface area contributed by atoms with Gasteiger partial charge in [0.1, 0.15) is 0 Å². The van der Waals surface area contributed by atoms with Crippen LogP contribution in [-0.2, 0) is 0 Å². The van der Waals surface area contributed by atoms with Crippen molar-refractivity contribution < 1.29 is 5.11 Å². The first-order valence-electron chi connectivity index (χ1n) is 2.75. The molecule has 0 fully saturated rings. The molecule has 0 aromatic heterocycles. The molecule has 0 amide bonds. The third-order valence-corrected chi connectivity index (χ3v) is 1.84. The third-order valence-electron chi connectivity index (χ3n) is 0.771. The molecule has 0 saturated carbocycles. The summed E-state index contributed by atoms with van der Waals surface area (Å²) in [6.45, 7) is 2.18. The fourth-order valence-corrected chi connectivity index (χ4v) is 0.966. The number of hydrogen-bond acceptors (Lipinski definition) is 3. The van der Waals surface area contributed by atoms with E-state index in [0.29, 0.717) is 0 Å². The van der Waals surface area contributed by atoms with Crippen LogP contribution >= 0.6 is 11.8 Å². The zero-order valence-electron chi connectivity index (χ0n) is 5.13. The van der Waals surface area contributed by atoms with Crippen LogP contribution in [-0.4, -0.2) is 29.3 Å². The van der Waals surface area contributed by atoms with E-state index in [2.05, 4.69) is 6.92 Å². The van der Waals surface area contributed by atoms with Crippen LogP contribution in [0.25, 0.3) is 0 Å². The predicted molar refractivity (Wildman–Crippen MR) is 38.1 cm³/mol. The van der Waals surface area contributed by atoms with Crippen molar-refractivity contribution in [3.05, 3.63) is 0 Å².